The molecule has 0 spiro atoms. The van der Waals surface area contributed by atoms with E-state index in [1.54, 1.807) is 68.4 Å². The molecule has 3 aliphatic rings. The highest BCUT2D eigenvalue weighted by atomic mass is 16.7. The van der Waals surface area contributed by atoms with Crippen LogP contribution in [0.4, 0.5) is 19.2 Å². The van der Waals surface area contributed by atoms with Gasteiger partial charge in [-0.25, -0.2) is 19.2 Å². The molecule has 1 saturated carbocycles. The Morgan fingerprint density at radius 2 is 1.32 bits per heavy atom. The van der Waals surface area contributed by atoms with Crippen molar-refractivity contribution >= 4 is 30.3 Å². The summed E-state index contributed by atoms with van der Waals surface area (Å²) in [5.41, 5.74) is -4.62. The molecule has 24 nitrogen and oxygen atoms in total. The van der Waals surface area contributed by atoms with E-state index in [0.717, 1.165) is 0 Å². The van der Waals surface area contributed by atoms with Gasteiger partial charge in [-0.1, -0.05) is 0 Å². The second kappa shape index (κ2) is 23.5. The van der Waals surface area contributed by atoms with Crippen LogP contribution < -0.4 is 31.9 Å². The van der Waals surface area contributed by atoms with Gasteiger partial charge in [-0.2, -0.15) is 0 Å². The molecule has 0 aromatic rings. The fourth-order valence-corrected chi connectivity index (χ4v) is 6.84. The first kappa shape index (κ1) is 55.1. The third-order valence-electron chi connectivity index (χ3n) is 9.64. The number of aliphatic hydroxyl groups is 5. The third kappa shape index (κ3) is 18.1. The molecule has 11 N–H and O–H groups in total. The minimum atomic E-state index is -1.93. The Bertz CT molecular complexity index is 1630. The number of ether oxygens (including phenoxy) is 8. The molecule has 0 aromatic heterocycles. The molecule has 1 unspecified atom stereocenters. The maximum atomic E-state index is 13.7. The average Bonchev–Trinajstić information content (AvgIpc) is 3.15. The van der Waals surface area contributed by atoms with Crippen molar-refractivity contribution in [2.45, 2.75) is 178 Å². The molecular weight excluding hydrogens is 864 g/mol. The van der Waals surface area contributed by atoms with Crippen molar-refractivity contribution < 1.29 is 87.4 Å². The first-order valence-corrected chi connectivity index (χ1v) is 21.5. The standard InChI is InChI=1S/C41H72N6O18/c1-38(2,3)63-35(54)44-15-14-25(49)31(52)45-23-18-24(47-37(56)65-40(7,8)9)29(26(50)28(23)61-33-27(51)30(62-34(53)42-11)41(10,57)20-58-33)60-32-22(46-36(55)64-39(4,5)6)13-12-21(59-32)19-43-16-17-48/h12,22-30,32-33,43,48-51,57H,13-20H2,1-11H3,(H,42,53)(H,44,54)(H,45,52)(H,46,55)(H,47,56)/t22-,23-,24+,25?,26-,27-,28+,29-,30-,32-,33-,41-/m1/s1. The number of carbonyl (C=O) groups excluding carboxylic acids is 5. The highest BCUT2D eigenvalue weighted by Gasteiger charge is 2.54. The Balaban J connectivity index is 2.06. The van der Waals surface area contributed by atoms with E-state index >= 15 is 0 Å². The van der Waals surface area contributed by atoms with Crippen molar-refractivity contribution in [1.82, 2.24) is 31.9 Å². The van der Waals surface area contributed by atoms with Gasteiger partial charge in [-0.05, 0) is 94.6 Å². The van der Waals surface area contributed by atoms with Crippen LogP contribution in [0.3, 0.4) is 0 Å². The lowest BCUT2D eigenvalue weighted by Crippen LogP contribution is -2.69. The van der Waals surface area contributed by atoms with Crippen molar-refractivity contribution in [2.75, 3.05) is 39.9 Å². The SMILES string of the molecule is CNC(=O)O[C@@H]1[C@@H](O)[C@@H](O[C@@H]2[C@@H](O)[C@H](O[C@H]3OC(CNCCO)=CC[C@H]3NC(=O)OC(C)(C)C)[C@@H](NC(=O)OC(C)(C)C)C[C@H]2NC(=O)C(O)CCNC(=O)OC(C)(C)C)OC[C@@]1(C)O. The predicted molar refractivity (Wildman–Crippen MR) is 227 cm³/mol. The van der Waals surface area contributed by atoms with E-state index in [1.807, 2.05) is 0 Å². The second-order valence-electron chi connectivity index (χ2n) is 19.2. The number of rotatable bonds is 16. The van der Waals surface area contributed by atoms with Crippen molar-refractivity contribution in [2.24, 2.45) is 0 Å². The van der Waals surface area contributed by atoms with Crippen LogP contribution in [0.5, 0.6) is 0 Å². The Hall–Kier alpha value is -4.27. The van der Waals surface area contributed by atoms with Crippen LogP contribution in [0.25, 0.3) is 0 Å². The molecule has 65 heavy (non-hydrogen) atoms. The average molecular weight is 937 g/mol. The zero-order chi connectivity index (χ0) is 49.1. The largest absolute Gasteiger partial charge is 0.466 e. The van der Waals surface area contributed by atoms with Crippen LogP contribution >= 0.6 is 0 Å². The molecule has 0 radical (unpaired) electrons. The minimum absolute atomic E-state index is 0.126. The molecule has 5 amide bonds. The third-order valence-corrected chi connectivity index (χ3v) is 9.64. The molecule has 2 fully saturated rings. The molecule has 1 saturated heterocycles. The lowest BCUT2D eigenvalue weighted by Gasteiger charge is -2.49. The van der Waals surface area contributed by atoms with Gasteiger partial charge in [0.1, 0.15) is 58.7 Å². The zero-order valence-corrected chi connectivity index (χ0v) is 39.1. The normalized spacial score (nSPS) is 30.0. The van der Waals surface area contributed by atoms with Gasteiger partial charge in [0.05, 0.1) is 37.9 Å². The summed E-state index contributed by atoms with van der Waals surface area (Å²) in [5, 5.41) is 70.8. The summed E-state index contributed by atoms with van der Waals surface area (Å²) < 4.78 is 46.1. The molecular formula is C41H72N6O18. The van der Waals surface area contributed by atoms with E-state index in [-0.39, 0.29) is 45.5 Å². The summed E-state index contributed by atoms with van der Waals surface area (Å²) in [6.07, 6.45) is -15.9. The van der Waals surface area contributed by atoms with Crippen molar-refractivity contribution in [1.29, 1.82) is 0 Å². The van der Waals surface area contributed by atoms with Crippen molar-refractivity contribution in [3.63, 3.8) is 0 Å². The number of aliphatic hydroxyl groups excluding tert-OH is 4. The number of hydrogen-bond acceptors (Lipinski definition) is 19. The first-order chi connectivity index (χ1) is 30.0. The molecule has 12 atom stereocenters. The van der Waals surface area contributed by atoms with Gasteiger partial charge < -0.3 is 95.3 Å². The summed E-state index contributed by atoms with van der Waals surface area (Å²) in [5.74, 6) is -0.651. The van der Waals surface area contributed by atoms with Crippen LogP contribution in [0.15, 0.2) is 11.8 Å². The maximum Gasteiger partial charge on any atom is 0.408 e. The number of nitrogens with one attached hydrogen (secondary N) is 6. The Kier molecular flexibility index (Phi) is 19.9. The molecule has 3 rings (SSSR count). The summed E-state index contributed by atoms with van der Waals surface area (Å²) in [7, 11) is 1.26. The van der Waals surface area contributed by atoms with Gasteiger partial charge in [0.2, 0.25) is 12.2 Å². The quantitative estimate of drug-likeness (QED) is 0.0685. The molecule has 2 aliphatic heterocycles. The molecule has 2 heterocycles. The molecule has 1 aliphatic carbocycles. The van der Waals surface area contributed by atoms with Gasteiger partial charge >= 0.3 is 24.4 Å². The Labute approximate surface area is 379 Å². The van der Waals surface area contributed by atoms with Crippen LogP contribution in [0.1, 0.15) is 88.5 Å². The maximum absolute atomic E-state index is 13.7. The van der Waals surface area contributed by atoms with E-state index in [2.05, 4.69) is 31.9 Å². The molecule has 24 heteroatoms. The second-order valence-corrected chi connectivity index (χ2v) is 19.2. The fourth-order valence-electron chi connectivity index (χ4n) is 6.84. The fraction of sp³-hybridized carbons (Fsp3) is 0.829. The van der Waals surface area contributed by atoms with Crippen LogP contribution in [-0.2, 0) is 42.7 Å². The van der Waals surface area contributed by atoms with E-state index in [0.29, 0.717) is 5.76 Å². The zero-order valence-electron chi connectivity index (χ0n) is 39.1. The number of alkyl carbamates (subject to hydrolysis) is 4. The van der Waals surface area contributed by atoms with Gasteiger partial charge in [0, 0.05) is 20.1 Å². The summed E-state index contributed by atoms with van der Waals surface area (Å²) in [4.78, 5) is 64.6. The van der Waals surface area contributed by atoms with Crippen molar-refractivity contribution in [3.05, 3.63) is 11.8 Å². The summed E-state index contributed by atoms with van der Waals surface area (Å²) in [6.45, 7) is 15.6. The summed E-state index contributed by atoms with van der Waals surface area (Å²) >= 11 is 0. The highest BCUT2D eigenvalue weighted by molar-refractivity contribution is 5.81. The van der Waals surface area contributed by atoms with E-state index in [4.69, 9.17) is 37.9 Å². The lowest BCUT2D eigenvalue weighted by atomic mass is 9.83. The molecule has 0 bridgehead atoms. The minimum Gasteiger partial charge on any atom is -0.466 e. The topological polar surface area (TPSA) is 333 Å². The van der Waals surface area contributed by atoms with Crippen LogP contribution in [0, 0.1) is 0 Å². The van der Waals surface area contributed by atoms with Gasteiger partial charge in [-0.3, -0.25) is 4.79 Å². The number of carbonyl (C=O) groups is 5. The highest BCUT2D eigenvalue weighted by Crippen LogP contribution is 2.34. The van der Waals surface area contributed by atoms with Gasteiger partial charge in [-0.15, -0.1) is 0 Å². The van der Waals surface area contributed by atoms with Crippen LogP contribution in [0.2, 0.25) is 0 Å². The van der Waals surface area contributed by atoms with E-state index in [9.17, 15) is 49.5 Å². The Morgan fingerprint density at radius 3 is 1.88 bits per heavy atom. The predicted octanol–water partition coefficient (Wildman–Crippen LogP) is -0.526. The Morgan fingerprint density at radius 1 is 0.785 bits per heavy atom. The monoisotopic (exact) mass is 936 g/mol. The molecule has 374 valence electrons. The van der Waals surface area contributed by atoms with E-state index < -0.39 is 127 Å². The first-order valence-electron chi connectivity index (χ1n) is 21.5. The number of amides is 5. The summed E-state index contributed by atoms with van der Waals surface area (Å²) in [6, 6.07) is -3.57. The smallest absolute Gasteiger partial charge is 0.408 e. The van der Waals surface area contributed by atoms with Crippen LogP contribution in [-0.4, -0.2) is 185 Å². The van der Waals surface area contributed by atoms with Crippen molar-refractivity contribution in [3.8, 4) is 0 Å². The lowest BCUT2D eigenvalue weighted by molar-refractivity contribution is -0.321. The van der Waals surface area contributed by atoms with Gasteiger partial charge in [0.25, 0.3) is 0 Å². The number of hydrogen-bond donors (Lipinski definition) is 11. The van der Waals surface area contributed by atoms with Gasteiger partial charge in [0.15, 0.2) is 12.4 Å². The molecule has 0 aromatic carbocycles. The van der Waals surface area contributed by atoms with E-state index in [1.165, 1.54) is 14.0 Å².